The molecule has 3 rings (SSSR count). The normalized spacial score (nSPS) is 28.2. The fourth-order valence-corrected chi connectivity index (χ4v) is 3.36. The Labute approximate surface area is 111 Å². The predicted octanol–water partition coefficient (Wildman–Crippen LogP) is 2.58. The highest BCUT2D eigenvalue weighted by molar-refractivity contribution is 6.36. The molecule has 0 unspecified atom stereocenters. The third kappa shape index (κ3) is 2.24. The molecule has 92 valence electrons. The predicted molar refractivity (Wildman–Crippen MR) is 71.0 cm³/mol. The van der Waals surface area contributed by atoms with E-state index in [4.69, 9.17) is 23.2 Å². The highest BCUT2D eigenvalue weighted by Crippen LogP contribution is 2.32. The van der Waals surface area contributed by atoms with Gasteiger partial charge < -0.3 is 10.2 Å². The van der Waals surface area contributed by atoms with Crippen LogP contribution in [0.4, 0.5) is 5.82 Å². The van der Waals surface area contributed by atoms with Crippen LogP contribution in [0.2, 0.25) is 10.0 Å². The minimum atomic E-state index is 0.591. The monoisotopic (exact) mass is 271 g/mol. The second kappa shape index (κ2) is 4.63. The van der Waals surface area contributed by atoms with Crippen molar-refractivity contribution in [3.05, 3.63) is 22.3 Å². The fourth-order valence-electron chi connectivity index (χ4n) is 2.86. The minimum Gasteiger partial charge on any atom is -0.353 e. The second-order valence-electron chi connectivity index (χ2n) is 4.83. The Morgan fingerprint density at radius 1 is 1.35 bits per heavy atom. The molecule has 0 aliphatic carbocycles. The van der Waals surface area contributed by atoms with Crippen LogP contribution >= 0.6 is 23.2 Å². The van der Waals surface area contributed by atoms with Crippen LogP contribution < -0.4 is 10.2 Å². The van der Waals surface area contributed by atoms with Gasteiger partial charge in [0.15, 0.2) is 0 Å². The highest BCUT2D eigenvalue weighted by atomic mass is 35.5. The highest BCUT2D eigenvalue weighted by Gasteiger charge is 2.35. The summed E-state index contributed by atoms with van der Waals surface area (Å²) in [6.07, 6.45) is 4.24. The van der Waals surface area contributed by atoms with E-state index in [-0.39, 0.29) is 0 Å². The molecule has 2 aliphatic rings. The first kappa shape index (κ1) is 11.6. The fraction of sp³-hybridized carbons (Fsp3) is 0.583. The van der Waals surface area contributed by atoms with Gasteiger partial charge in [-0.15, -0.1) is 0 Å². The molecule has 0 aromatic carbocycles. The quantitative estimate of drug-likeness (QED) is 0.851. The van der Waals surface area contributed by atoms with Gasteiger partial charge >= 0.3 is 0 Å². The van der Waals surface area contributed by atoms with Crippen molar-refractivity contribution in [2.24, 2.45) is 5.92 Å². The molecule has 17 heavy (non-hydrogen) atoms. The van der Waals surface area contributed by atoms with E-state index in [9.17, 15) is 0 Å². The average molecular weight is 272 g/mol. The van der Waals surface area contributed by atoms with Gasteiger partial charge in [0, 0.05) is 25.3 Å². The molecule has 3 heterocycles. The largest absolute Gasteiger partial charge is 0.353 e. The van der Waals surface area contributed by atoms with Crippen LogP contribution in [-0.4, -0.2) is 30.7 Å². The Hall–Kier alpha value is -0.510. The van der Waals surface area contributed by atoms with Gasteiger partial charge in [-0.3, -0.25) is 0 Å². The Morgan fingerprint density at radius 3 is 3.00 bits per heavy atom. The van der Waals surface area contributed by atoms with Crippen LogP contribution in [0, 0.1) is 5.92 Å². The van der Waals surface area contributed by atoms with Crippen molar-refractivity contribution in [2.75, 3.05) is 24.5 Å². The number of pyridine rings is 1. The lowest BCUT2D eigenvalue weighted by atomic mass is 9.94. The summed E-state index contributed by atoms with van der Waals surface area (Å²) in [6, 6.07) is 2.36. The van der Waals surface area contributed by atoms with Crippen LogP contribution in [0.25, 0.3) is 0 Å². The number of anilines is 1. The summed E-state index contributed by atoms with van der Waals surface area (Å²) in [6.45, 7) is 3.18. The molecule has 0 bridgehead atoms. The topological polar surface area (TPSA) is 28.2 Å². The van der Waals surface area contributed by atoms with Crippen LogP contribution in [0.15, 0.2) is 12.3 Å². The number of piperidine rings is 1. The molecule has 5 heteroatoms. The van der Waals surface area contributed by atoms with Gasteiger partial charge in [-0.1, -0.05) is 23.2 Å². The number of rotatable bonds is 1. The summed E-state index contributed by atoms with van der Waals surface area (Å²) >= 11 is 12.1. The molecule has 3 nitrogen and oxygen atoms in total. The maximum atomic E-state index is 6.20. The number of hydrogen-bond donors (Lipinski definition) is 1. The summed E-state index contributed by atoms with van der Waals surface area (Å²) in [5.41, 5.74) is 0. The lowest BCUT2D eigenvalue weighted by Crippen LogP contribution is -2.40. The van der Waals surface area contributed by atoms with Crippen molar-refractivity contribution in [1.29, 1.82) is 0 Å². The average Bonchev–Trinajstić information content (AvgIpc) is 2.72. The maximum Gasteiger partial charge on any atom is 0.147 e. The van der Waals surface area contributed by atoms with E-state index >= 15 is 0 Å². The van der Waals surface area contributed by atoms with Crippen LogP contribution in [0.3, 0.4) is 0 Å². The summed E-state index contributed by atoms with van der Waals surface area (Å²) in [5, 5.41) is 4.81. The molecule has 0 spiro atoms. The number of fused-ring (bicyclic) bond motifs is 1. The van der Waals surface area contributed by atoms with Crippen molar-refractivity contribution in [3.8, 4) is 0 Å². The molecule has 0 radical (unpaired) electrons. The van der Waals surface area contributed by atoms with E-state index in [1.807, 2.05) is 0 Å². The molecule has 2 aliphatic heterocycles. The Morgan fingerprint density at radius 2 is 2.24 bits per heavy atom. The molecule has 1 aromatic heterocycles. The molecule has 1 aromatic rings. The minimum absolute atomic E-state index is 0.591. The van der Waals surface area contributed by atoms with Crippen LogP contribution in [-0.2, 0) is 0 Å². The molecule has 1 N–H and O–H groups in total. The van der Waals surface area contributed by atoms with E-state index in [0.717, 1.165) is 31.4 Å². The van der Waals surface area contributed by atoms with E-state index < -0.39 is 0 Å². The summed E-state index contributed by atoms with van der Waals surface area (Å²) in [4.78, 5) is 6.62. The van der Waals surface area contributed by atoms with Crippen LogP contribution in [0.1, 0.15) is 12.8 Å². The number of aromatic nitrogens is 1. The first-order chi connectivity index (χ1) is 8.24. The van der Waals surface area contributed by atoms with Gasteiger partial charge in [0.1, 0.15) is 5.82 Å². The summed E-state index contributed by atoms with van der Waals surface area (Å²) in [7, 11) is 0. The summed E-state index contributed by atoms with van der Waals surface area (Å²) in [5.74, 6) is 1.60. The van der Waals surface area contributed by atoms with E-state index in [0.29, 0.717) is 16.1 Å². The third-order valence-electron chi connectivity index (χ3n) is 3.69. The SMILES string of the molecule is Clc1cnc(N2C[C@@H]3CCCN[C@@H]3C2)c(Cl)c1. The first-order valence-corrected chi connectivity index (χ1v) is 6.79. The van der Waals surface area contributed by atoms with Gasteiger partial charge in [0.25, 0.3) is 0 Å². The molecular formula is C12H15Cl2N3. The zero-order valence-corrected chi connectivity index (χ0v) is 11.0. The van der Waals surface area contributed by atoms with Gasteiger partial charge in [-0.05, 0) is 31.4 Å². The van der Waals surface area contributed by atoms with Gasteiger partial charge in [-0.2, -0.15) is 0 Å². The van der Waals surface area contributed by atoms with Crippen molar-refractivity contribution in [2.45, 2.75) is 18.9 Å². The molecule has 2 saturated heterocycles. The Bertz CT molecular complexity index is 410. The Kier molecular flexibility index (Phi) is 3.16. The van der Waals surface area contributed by atoms with Crippen molar-refractivity contribution in [1.82, 2.24) is 10.3 Å². The lowest BCUT2D eigenvalue weighted by Gasteiger charge is -2.24. The molecule has 2 fully saturated rings. The van der Waals surface area contributed by atoms with E-state index in [2.05, 4.69) is 15.2 Å². The van der Waals surface area contributed by atoms with E-state index in [1.165, 1.54) is 12.8 Å². The smallest absolute Gasteiger partial charge is 0.147 e. The van der Waals surface area contributed by atoms with Gasteiger partial charge in [0.05, 0.1) is 10.0 Å². The molecule has 0 saturated carbocycles. The molecule has 2 atom stereocenters. The summed E-state index contributed by atoms with van der Waals surface area (Å²) < 4.78 is 0. The number of hydrogen-bond acceptors (Lipinski definition) is 3. The third-order valence-corrected chi connectivity index (χ3v) is 4.17. The second-order valence-corrected chi connectivity index (χ2v) is 5.67. The molecule has 0 amide bonds. The van der Waals surface area contributed by atoms with Crippen molar-refractivity contribution >= 4 is 29.0 Å². The van der Waals surface area contributed by atoms with Crippen molar-refractivity contribution in [3.63, 3.8) is 0 Å². The standard InChI is InChI=1S/C12H15Cl2N3/c13-9-4-10(14)12(16-5-9)17-6-8-2-1-3-15-11(8)7-17/h4-5,8,11,15H,1-3,6-7H2/t8-,11+/m0/s1. The number of nitrogens with one attached hydrogen (secondary N) is 1. The molecular weight excluding hydrogens is 257 g/mol. The van der Waals surface area contributed by atoms with E-state index in [1.54, 1.807) is 12.3 Å². The lowest BCUT2D eigenvalue weighted by molar-refractivity contribution is 0.340. The first-order valence-electron chi connectivity index (χ1n) is 6.03. The van der Waals surface area contributed by atoms with Crippen LogP contribution in [0.5, 0.6) is 0 Å². The Balaban J connectivity index is 1.81. The zero-order chi connectivity index (χ0) is 11.8. The van der Waals surface area contributed by atoms with Gasteiger partial charge in [0.2, 0.25) is 0 Å². The van der Waals surface area contributed by atoms with Crippen molar-refractivity contribution < 1.29 is 0 Å². The maximum absolute atomic E-state index is 6.20. The zero-order valence-electron chi connectivity index (χ0n) is 9.50. The van der Waals surface area contributed by atoms with Gasteiger partial charge in [-0.25, -0.2) is 4.98 Å². The number of nitrogens with zero attached hydrogens (tertiary/aromatic N) is 2. The number of halogens is 2.